The van der Waals surface area contributed by atoms with Gasteiger partial charge in [-0.3, -0.25) is 4.79 Å². The Morgan fingerprint density at radius 2 is 2.11 bits per heavy atom. The van der Waals surface area contributed by atoms with Crippen LogP contribution in [0.3, 0.4) is 0 Å². The number of benzene rings is 1. The van der Waals surface area contributed by atoms with Crippen molar-refractivity contribution in [1.29, 1.82) is 0 Å². The molecule has 0 saturated carbocycles. The van der Waals surface area contributed by atoms with Crippen LogP contribution in [0.2, 0.25) is 0 Å². The Kier molecular flexibility index (Phi) is 5.88. The lowest BCUT2D eigenvalue weighted by molar-refractivity contribution is -0.147. The molecule has 2 atom stereocenters. The molecule has 5 nitrogen and oxygen atoms in total. The number of carbonyl (C=O) groups excluding carboxylic acids is 1. The molecule has 3 N–H and O–H groups in total. The van der Waals surface area contributed by atoms with Crippen molar-refractivity contribution >= 4 is 5.97 Å². The van der Waals surface area contributed by atoms with Crippen LogP contribution in [0.15, 0.2) is 18.2 Å². The van der Waals surface area contributed by atoms with E-state index >= 15 is 0 Å². The fourth-order valence-corrected chi connectivity index (χ4v) is 1.66. The van der Waals surface area contributed by atoms with Gasteiger partial charge >= 0.3 is 5.97 Å². The van der Waals surface area contributed by atoms with Crippen molar-refractivity contribution in [2.45, 2.75) is 32.2 Å². The first kappa shape index (κ1) is 15.6. The third-order valence-corrected chi connectivity index (χ3v) is 2.64. The Labute approximate surface area is 110 Å². The van der Waals surface area contributed by atoms with Gasteiger partial charge < -0.3 is 20.1 Å². The zero-order valence-corrected chi connectivity index (χ0v) is 10.5. The zero-order chi connectivity index (χ0) is 14.4. The first-order valence-corrected chi connectivity index (χ1v) is 5.91. The van der Waals surface area contributed by atoms with Crippen molar-refractivity contribution in [2.24, 2.45) is 0 Å². The van der Waals surface area contributed by atoms with E-state index in [0.29, 0.717) is 0 Å². The summed E-state index contributed by atoms with van der Waals surface area (Å²) in [5.41, 5.74) is -0.150. The van der Waals surface area contributed by atoms with E-state index in [2.05, 4.69) is 4.74 Å². The van der Waals surface area contributed by atoms with Gasteiger partial charge in [-0.05, 0) is 6.92 Å². The normalized spacial score (nSPS) is 13.9. The summed E-state index contributed by atoms with van der Waals surface area (Å²) < 4.78 is 18.5. The molecule has 0 saturated heterocycles. The average Bonchev–Trinajstić information content (AvgIpc) is 2.38. The first-order chi connectivity index (χ1) is 9.01. The molecule has 0 heterocycles. The Morgan fingerprint density at radius 1 is 1.42 bits per heavy atom. The number of aliphatic hydroxyl groups excluding tert-OH is 3. The van der Waals surface area contributed by atoms with Crippen molar-refractivity contribution in [3.05, 3.63) is 35.1 Å². The van der Waals surface area contributed by atoms with Crippen LogP contribution in [0.25, 0.3) is 0 Å². The first-order valence-electron chi connectivity index (χ1n) is 5.91. The predicted octanol–water partition coefficient (Wildman–Crippen LogP) is 0.665. The topological polar surface area (TPSA) is 87.0 Å². The Morgan fingerprint density at radius 3 is 2.68 bits per heavy atom. The van der Waals surface area contributed by atoms with Gasteiger partial charge in [0.25, 0.3) is 0 Å². The Bertz CT molecular complexity index is 435. The van der Waals surface area contributed by atoms with E-state index in [1.54, 1.807) is 6.92 Å². The van der Waals surface area contributed by atoms with Gasteiger partial charge in [0, 0.05) is 11.1 Å². The molecule has 6 heteroatoms. The summed E-state index contributed by atoms with van der Waals surface area (Å²) in [5.74, 6) is -1.46. The average molecular weight is 272 g/mol. The minimum Gasteiger partial charge on any atom is -0.466 e. The van der Waals surface area contributed by atoms with Gasteiger partial charge in [0.15, 0.2) is 0 Å². The molecule has 0 aliphatic heterocycles. The summed E-state index contributed by atoms with van der Waals surface area (Å²) in [6, 6.07) is 4.10. The second kappa shape index (κ2) is 7.18. The molecular weight excluding hydrogens is 255 g/mol. The fraction of sp³-hybridized carbons (Fsp3) is 0.462. The monoisotopic (exact) mass is 272 g/mol. The summed E-state index contributed by atoms with van der Waals surface area (Å²) in [5, 5.41) is 28.4. The third-order valence-electron chi connectivity index (χ3n) is 2.64. The maximum atomic E-state index is 13.8. The number of aliphatic hydroxyl groups is 3. The molecule has 1 aromatic rings. The van der Waals surface area contributed by atoms with E-state index in [9.17, 15) is 19.4 Å². The smallest absolute Gasteiger partial charge is 0.308 e. The maximum Gasteiger partial charge on any atom is 0.308 e. The van der Waals surface area contributed by atoms with Crippen molar-refractivity contribution in [3.63, 3.8) is 0 Å². The maximum absolute atomic E-state index is 13.8. The van der Waals surface area contributed by atoms with E-state index in [4.69, 9.17) is 5.11 Å². The van der Waals surface area contributed by atoms with Crippen LogP contribution in [0, 0.1) is 5.82 Å². The van der Waals surface area contributed by atoms with Crippen LogP contribution in [-0.2, 0) is 16.1 Å². The largest absolute Gasteiger partial charge is 0.466 e. The summed E-state index contributed by atoms with van der Waals surface area (Å²) in [6.45, 7) is 1.27. The molecule has 0 radical (unpaired) electrons. The number of halogens is 1. The molecule has 0 aromatic heterocycles. The van der Waals surface area contributed by atoms with Gasteiger partial charge in [-0.2, -0.15) is 0 Å². The number of rotatable bonds is 6. The van der Waals surface area contributed by atoms with E-state index < -0.39 is 37.0 Å². The van der Waals surface area contributed by atoms with Crippen LogP contribution in [0.4, 0.5) is 4.39 Å². The standard InChI is InChI=1S/C13H17FO5/c1-2-19-11(17)6-10(16)13(18)9-5-3-4-8(7-15)12(9)14/h3-5,10,13,15-16,18H,2,6-7H2,1H3. The highest BCUT2D eigenvalue weighted by Crippen LogP contribution is 2.24. The number of carbonyl (C=O) groups is 1. The van der Waals surface area contributed by atoms with Crippen LogP contribution in [-0.4, -0.2) is 34.0 Å². The Hall–Kier alpha value is -1.50. The highest BCUT2D eigenvalue weighted by Gasteiger charge is 2.25. The van der Waals surface area contributed by atoms with Crippen LogP contribution >= 0.6 is 0 Å². The van der Waals surface area contributed by atoms with Gasteiger partial charge in [0.2, 0.25) is 0 Å². The molecule has 106 valence electrons. The SMILES string of the molecule is CCOC(=O)CC(O)C(O)c1cccc(CO)c1F. The number of ether oxygens (including phenoxy) is 1. The molecule has 19 heavy (non-hydrogen) atoms. The van der Waals surface area contributed by atoms with Gasteiger partial charge in [0.1, 0.15) is 11.9 Å². The van der Waals surface area contributed by atoms with E-state index in [1.165, 1.54) is 18.2 Å². The minimum absolute atomic E-state index is 0.0138. The highest BCUT2D eigenvalue weighted by atomic mass is 19.1. The Balaban J connectivity index is 2.82. The van der Waals surface area contributed by atoms with Crippen molar-refractivity contribution in [3.8, 4) is 0 Å². The minimum atomic E-state index is -1.56. The van der Waals surface area contributed by atoms with E-state index in [0.717, 1.165) is 0 Å². The van der Waals surface area contributed by atoms with Crippen molar-refractivity contribution in [2.75, 3.05) is 6.61 Å². The van der Waals surface area contributed by atoms with Crippen LogP contribution in [0.1, 0.15) is 30.6 Å². The summed E-state index contributed by atoms with van der Waals surface area (Å²) >= 11 is 0. The molecular formula is C13H17FO5. The molecule has 0 amide bonds. The lowest BCUT2D eigenvalue weighted by Crippen LogP contribution is -2.24. The van der Waals surface area contributed by atoms with E-state index in [1.807, 2.05) is 0 Å². The third kappa shape index (κ3) is 3.99. The summed E-state index contributed by atoms with van der Waals surface area (Å²) in [4.78, 5) is 11.2. The number of hydrogen-bond donors (Lipinski definition) is 3. The van der Waals surface area contributed by atoms with Crippen molar-refractivity contribution in [1.82, 2.24) is 0 Å². The van der Waals surface area contributed by atoms with E-state index in [-0.39, 0.29) is 17.7 Å². The quantitative estimate of drug-likeness (QED) is 0.662. The van der Waals surface area contributed by atoms with Gasteiger partial charge in [-0.25, -0.2) is 4.39 Å². The molecule has 0 aliphatic rings. The second-order valence-corrected chi connectivity index (χ2v) is 4.00. The van der Waals surface area contributed by atoms with Crippen LogP contribution < -0.4 is 0 Å². The number of esters is 1. The molecule has 2 unspecified atom stereocenters. The zero-order valence-electron chi connectivity index (χ0n) is 10.5. The molecule has 1 aromatic carbocycles. The lowest BCUT2D eigenvalue weighted by atomic mass is 9.99. The van der Waals surface area contributed by atoms with Gasteiger partial charge in [-0.15, -0.1) is 0 Å². The second-order valence-electron chi connectivity index (χ2n) is 4.00. The van der Waals surface area contributed by atoms with Crippen molar-refractivity contribution < 1.29 is 29.2 Å². The lowest BCUT2D eigenvalue weighted by Gasteiger charge is -2.18. The van der Waals surface area contributed by atoms with Gasteiger partial charge in [-0.1, -0.05) is 18.2 Å². The fourth-order valence-electron chi connectivity index (χ4n) is 1.66. The summed E-state index contributed by atoms with van der Waals surface area (Å²) in [7, 11) is 0. The molecule has 0 bridgehead atoms. The van der Waals surface area contributed by atoms with Crippen LogP contribution in [0.5, 0.6) is 0 Å². The highest BCUT2D eigenvalue weighted by molar-refractivity contribution is 5.70. The summed E-state index contributed by atoms with van der Waals surface area (Å²) in [6.07, 6.45) is -3.46. The number of hydrogen-bond acceptors (Lipinski definition) is 5. The predicted molar refractivity (Wildman–Crippen MR) is 64.5 cm³/mol. The molecule has 0 aliphatic carbocycles. The molecule has 0 spiro atoms. The molecule has 0 fully saturated rings. The molecule has 1 rings (SSSR count). The van der Waals surface area contributed by atoms with Gasteiger partial charge in [0.05, 0.1) is 25.7 Å².